The molecule has 0 spiro atoms. The first-order valence-electron chi connectivity index (χ1n) is 7.45. The van der Waals surface area contributed by atoms with Crippen LogP contribution < -0.4 is 0 Å². The average molecular weight is 338 g/mol. The lowest BCUT2D eigenvalue weighted by atomic mass is 10.3. The van der Waals surface area contributed by atoms with Crippen LogP contribution in [0.3, 0.4) is 0 Å². The third-order valence-corrected chi connectivity index (χ3v) is 11.3. The first-order chi connectivity index (χ1) is 9.54. The smallest absolute Gasteiger partial charge is 0.172 e. The van der Waals surface area contributed by atoms with E-state index in [1.54, 1.807) is 0 Å². The molecular formula is C13H36N6P2. The molecule has 0 aromatic carbocycles. The van der Waals surface area contributed by atoms with Gasteiger partial charge in [-0.2, -0.15) is 0 Å². The van der Waals surface area contributed by atoms with Crippen LogP contribution >= 0.6 is 14.9 Å². The molecule has 8 heteroatoms. The van der Waals surface area contributed by atoms with Gasteiger partial charge in [0.15, 0.2) is 7.51 Å². The van der Waals surface area contributed by atoms with E-state index in [0.717, 1.165) is 13.0 Å². The van der Waals surface area contributed by atoms with E-state index in [1.165, 1.54) is 6.42 Å². The molecule has 0 rings (SSSR count). The number of hydrogen-bond acceptors (Lipinski definition) is 1. The quantitative estimate of drug-likeness (QED) is 0.500. The van der Waals surface area contributed by atoms with Crippen molar-refractivity contribution >= 4 is 14.9 Å². The van der Waals surface area contributed by atoms with Crippen LogP contribution in [-0.4, -0.2) is 88.3 Å². The van der Waals surface area contributed by atoms with Crippen LogP contribution in [0, 0.1) is 0 Å². The van der Waals surface area contributed by atoms with Crippen LogP contribution in [0.5, 0.6) is 0 Å². The molecule has 0 heterocycles. The molecule has 1 unspecified atom stereocenters. The Morgan fingerprint density at radius 3 is 1.48 bits per heavy atom. The predicted molar refractivity (Wildman–Crippen MR) is 99.1 cm³/mol. The second kappa shape index (κ2) is 8.81. The molecule has 0 fully saturated rings. The monoisotopic (exact) mass is 338 g/mol. The van der Waals surface area contributed by atoms with Gasteiger partial charge in [-0.25, -0.2) is 4.52 Å². The summed E-state index contributed by atoms with van der Waals surface area (Å²) >= 11 is 0. The highest BCUT2D eigenvalue weighted by Crippen LogP contribution is 2.65. The molecule has 0 bridgehead atoms. The van der Waals surface area contributed by atoms with Crippen molar-refractivity contribution in [1.82, 2.24) is 18.7 Å². The van der Waals surface area contributed by atoms with Gasteiger partial charge in [0.2, 0.25) is 0 Å². The Morgan fingerprint density at radius 2 is 1.19 bits per heavy atom. The lowest BCUT2D eigenvalue weighted by Crippen LogP contribution is -2.31. The maximum absolute atomic E-state index is 5.37. The Morgan fingerprint density at radius 1 is 0.762 bits per heavy atom. The SMILES string of the molecule is CCCCN=P(C)(N=P(N(C)C)(N(C)C)N(C)C)N(C)C. The predicted octanol–water partition coefficient (Wildman–Crippen LogP) is 3.64. The van der Waals surface area contributed by atoms with Crippen LogP contribution in [0.25, 0.3) is 0 Å². The Kier molecular flexibility index (Phi) is 8.93. The summed E-state index contributed by atoms with van der Waals surface area (Å²) in [5.74, 6) is 0. The zero-order valence-electron chi connectivity index (χ0n) is 15.7. The Bertz CT molecular complexity index is 386. The molecule has 1 atom stereocenters. The Hall–Kier alpha value is 0.300. The van der Waals surface area contributed by atoms with E-state index in [4.69, 9.17) is 9.26 Å². The van der Waals surface area contributed by atoms with Crippen molar-refractivity contribution in [2.75, 3.05) is 69.6 Å². The van der Waals surface area contributed by atoms with E-state index in [-0.39, 0.29) is 0 Å². The van der Waals surface area contributed by atoms with Gasteiger partial charge in [0, 0.05) is 13.2 Å². The summed E-state index contributed by atoms with van der Waals surface area (Å²) in [6.45, 7) is 5.32. The maximum Gasteiger partial charge on any atom is 0.172 e. The highest BCUT2D eigenvalue weighted by Gasteiger charge is 2.32. The minimum Gasteiger partial charge on any atom is -0.268 e. The summed E-state index contributed by atoms with van der Waals surface area (Å²) in [5, 5.41) is 0. The summed E-state index contributed by atoms with van der Waals surface area (Å²) in [6.07, 6.45) is 2.31. The molecule has 6 nitrogen and oxygen atoms in total. The van der Waals surface area contributed by atoms with E-state index in [0.29, 0.717) is 0 Å². The number of unbranched alkanes of at least 4 members (excludes halogenated alkanes) is 1. The molecule has 21 heavy (non-hydrogen) atoms. The summed E-state index contributed by atoms with van der Waals surface area (Å²) in [6, 6.07) is 0. The molecule has 0 aromatic heterocycles. The van der Waals surface area contributed by atoms with E-state index in [1.807, 2.05) is 0 Å². The molecule has 0 saturated carbocycles. The largest absolute Gasteiger partial charge is 0.268 e. The first kappa shape index (κ1) is 21.3. The zero-order chi connectivity index (χ0) is 16.8. The molecule has 0 aliphatic rings. The van der Waals surface area contributed by atoms with E-state index in [9.17, 15) is 0 Å². The fraction of sp³-hybridized carbons (Fsp3) is 1.00. The van der Waals surface area contributed by atoms with Gasteiger partial charge in [-0.15, -0.1) is 0 Å². The molecule has 0 N–H and O–H groups in total. The van der Waals surface area contributed by atoms with Crippen LogP contribution in [0.2, 0.25) is 0 Å². The van der Waals surface area contributed by atoms with E-state index < -0.39 is 14.9 Å². The molecule has 0 aliphatic heterocycles. The average Bonchev–Trinajstić information content (AvgIpc) is 2.34. The minimum absolute atomic E-state index is 0.900. The molecule has 0 radical (unpaired) electrons. The molecule has 0 saturated heterocycles. The Balaban J connectivity index is 6.16. The van der Waals surface area contributed by atoms with Crippen LogP contribution in [0.15, 0.2) is 9.26 Å². The molecule has 0 amide bonds. The Labute approximate surface area is 132 Å². The van der Waals surface area contributed by atoms with Gasteiger partial charge in [-0.05, 0) is 62.8 Å². The van der Waals surface area contributed by atoms with Crippen molar-refractivity contribution in [3.8, 4) is 0 Å². The summed E-state index contributed by atoms with van der Waals surface area (Å²) in [7, 11) is 13.1. The highest BCUT2D eigenvalue weighted by atomic mass is 31.2. The first-order valence-corrected chi connectivity index (χ1v) is 11.1. The summed E-state index contributed by atoms with van der Waals surface area (Å²) < 4.78 is 19.3. The van der Waals surface area contributed by atoms with Gasteiger partial charge in [0.05, 0.1) is 0 Å². The third-order valence-electron chi connectivity index (χ3n) is 3.54. The third kappa shape index (κ3) is 5.16. The second-order valence-corrected chi connectivity index (χ2v) is 13.1. The second-order valence-electron chi connectivity index (χ2n) is 6.10. The van der Waals surface area contributed by atoms with Crippen molar-refractivity contribution in [3.05, 3.63) is 0 Å². The highest BCUT2D eigenvalue weighted by molar-refractivity contribution is 7.72. The van der Waals surface area contributed by atoms with Gasteiger partial charge in [0.1, 0.15) is 7.36 Å². The number of hydrogen-bond donors (Lipinski definition) is 0. The van der Waals surface area contributed by atoms with Gasteiger partial charge >= 0.3 is 0 Å². The molecular weight excluding hydrogens is 302 g/mol. The van der Waals surface area contributed by atoms with E-state index >= 15 is 0 Å². The van der Waals surface area contributed by atoms with Crippen molar-refractivity contribution in [3.63, 3.8) is 0 Å². The van der Waals surface area contributed by atoms with Gasteiger partial charge in [0.25, 0.3) is 0 Å². The van der Waals surface area contributed by atoms with Crippen molar-refractivity contribution in [1.29, 1.82) is 0 Å². The number of rotatable bonds is 8. The topological polar surface area (TPSA) is 37.7 Å². The molecule has 0 aliphatic carbocycles. The standard InChI is InChI=1S/C13H36N6P2/c1-11-12-13-14-20(10,16(2)3)15-21(17(4)5,18(6)7)19(8)9/h11-13H2,1-10H3. The van der Waals surface area contributed by atoms with Crippen molar-refractivity contribution in [2.45, 2.75) is 19.8 Å². The van der Waals surface area contributed by atoms with Gasteiger partial charge < -0.3 is 0 Å². The van der Waals surface area contributed by atoms with Gasteiger partial charge in [-0.3, -0.25) is 23.4 Å². The lowest BCUT2D eigenvalue weighted by molar-refractivity contribution is 0.475. The van der Waals surface area contributed by atoms with Crippen molar-refractivity contribution in [2.24, 2.45) is 9.26 Å². The van der Waals surface area contributed by atoms with Crippen LogP contribution in [0.1, 0.15) is 19.8 Å². The van der Waals surface area contributed by atoms with Gasteiger partial charge in [-0.1, -0.05) is 13.3 Å². The summed E-state index contributed by atoms with van der Waals surface area (Å²) in [4.78, 5) is 0. The number of nitrogens with zero attached hydrogens (tertiary/aromatic N) is 6. The van der Waals surface area contributed by atoms with E-state index in [2.05, 4.69) is 88.7 Å². The molecule has 0 aromatic rings. The fourth-order valence-corrected chi connectivity index (χ4v) is 9.72. The maximum atomic E-state index is 5.37. The zero-order valence-corrected chi connectivity index (χ0v) is 17.5. The van der Waals surface area contributed by atoms with Crippen LogP contribution in [0.4, 0.5) is 0 Å². The minimum atomic E-state index is -1.90. The normalized spacial score (nSPS) is 15.9. The van der Waals surface area contributed by atoms with Crippen LogP contribution in [-0.2, 0) is 0 Å². The van der Waals surface area contributed by atoms with Crippen molar-refractivity contribution < 1.29 is 0 Å². The summed E-state index contributed by atoms with van der Waals surface area (Å²) in [5.41, 5.74) is 0. The molecule has 128 valence electrons. The lowest BCUT2D eigenvalue weighted by Gasteiger charge is -2.43. The fourth-order valence-electron chi connectivity index (χ4n) is 2.19.